The molecule has 2 heterocycles. The van der Waals surface area contributed by atoms with Crippen molar-refractivity contribution < 1.29 is 4.79 Å². The number of nitrogens with zero attached hydrogens (tertiary/aromatic N) is 1. The maximum Gasteiger partial charge on any atom is 0.247 e. The lowest BCUT2D eigenvalue weighted by Crippen LogP contribution is -2.58. The van der Waals surface area contributed by atoms with E-state index < -0.39 is 0 Å². The highest BCUT2D eigenvalue weighted by Gasteiger charge is 2.50. The maximum atomic E-state index is 12.7. The van der Waals surface area contributed by atoms with Gasteiger partial charge in [0.15, 0.2) is 0 Å². The Balaban J connectivity index is 1.60. The summed E-state index contributed by atoms with van der Waals surface area (Å²) in [7, 11) is 0. The van der Waals surface area contributed by atoms with Crippen molar-refractivity contribution in [2.24, 2.45) is 17.8 Å². The molecule has 3 fully saturated rings. The Kier molecular flexibility index (Phi) is 3.23. The van der Waals surface area contributed by atoms with Crippen LogP contribution in [0.4, 0.5) is 5.69 Å². The van der Waals surface area contributed by atoms with E-state index in [1.165, 1.54) is 19.3 Å². The Morgan fingerprint density at radius 1 is 1.19 bits per heavy atom. The first-order chi connectivity index (χ1) is 10.2. The molecule has 4 heteroatoms. The van der Waals surface area contributed by atoms with Gasteiger partial charge in [-0.15, -0.1) is 0 Å². The average Bonchev–Trinajstić information content (AvgIpc) is 2.86. The van der Waals surface area contributed by atoms with Crippen LogP contribution in [0.25, 0.3) is 0 Å². The van der Waals surface area contributed by atoms with Crippen LogP contribution in [-0.4, -0.2) is 24.5 Å². The van der Waals surface area contributed by atoms with Crippen LogP contribution in [-0.2, 0) is 4.79 Å². The van der Waals surface area contributed by atoms with Gasteiger partial charge in [0.1, 0.15) is 0 Å². The molecule has 1 amide bonds. The summed E-state index contributed by atoms with van der Waals surface area (Å²) in [4.78, 5) is 12.7. The van der Waals surface area contributed by atoms with Crippen LogP contribution >= 0.6 is 0 Å². The van der Waals surface area contributed by atoms with Crippen molar-refractivity contribution in [3.8, 4) is 0 Å². The fraction of sp³-hybridized carbons (Fsp3) is 0.588. The van der Waals surface area contributed by atoms with E-state index in [-0.39, 0.29) is 11.8 Å². The second-order valence-electron chi connectivity index (χ2n) is 6.87. The summed E-state index contributed by atoms with van der Waals surface area (Å²) in [6.45, 7) is 3.15. The number of benzene rings is 1. The second-order valence-corrected chi connectivity index (χ2v) is 6.87. The molecule has 5 unspecified atom stereocenters. The quantitative estimate of drug-likeness (QED) is 0.829. The van der Waals surface area contributed by atoms with Crippen LogP contribution in [0, 0.1) is 17.8 Å². The molecule has 1 aromatic rings. The Hall–Kier alpha value is -1.39. The molecular formula is C17H23N3O. The van der Waals surface area contributed by atoms with Gasteiger partial charge in [-0.3, -0.25) is 4.79 Å². The molecule has 5 atom stereocenters. The third-order valence-corrected chi connectivity index (χ3v) is 5.49. The van der Waals surface area contributed by atoms with E-state index in [1.807, 2.05) is 30.3 Å². The van der Waals surface area contributed by atoms with E-state index in [0.29, 0.717) is 18.0 Å². The summed E-state index contributed by atoms with van der Waals surface area (Å²) in [5.74, 6) is 1.65. The van der Waals surface area contributed by atoms with E-state index >= 15 is 0 Å². The monoisotopic (exact) mass is 285 g/mol. The third kappa shape index (κ3) is 2.17. The predicted molar refractivity (Wildman–Crippen MR) is 82.6 cm³/mol. The largest absolute Gasteiger partial charge is 0.313 e. The Morgan fingerprint density at radius 3 is 2.81 bits per heavy atom. The number of anilines is 1. The highest BCUT2D eigenvalue weighted by molar-refractivity contribution is 5.97. The molecule has 0 spiro atoms. The molecule has 0 aromatic heterocycles. The number of hydrazine groups is 1. The molecular weight excluding hydrogens is 262 g/mol. The Bertz CT molecular complexity index is 532. The van der Waals surface area contributed by atoms with Crippen LogP contribution in [0.3, 0.4) is 0 Å². The standard InChI is InChI=1S/C17H23N3O/c1-11-7-8-15-13(9-11)16-14(10-18-15)17(21)20(19-16)12-5-3-2-4-6-12/h2-6,11,13-16,18-19H,7-10H2,1H3. The Morgan fingerprint density at radius 2 is 2.00 bits per heavy atom. The van der Waals surface area contributed by atoms with Crippen LogP contribution < -0.4 is 15.8 Å². The predicted octanol–water partition coefficient (Wildman–Crippen LogP) is 1.93. The second kappa shape index (κ2) is 5.11. The molecule has 4 rings (SSSR count). The van der Waals surface area contributed by atoms with Crippen LogP contribution in [0.1, 0.15) is 26.2 Å². The number of carbonyl (C=O) groups excluding carboxylic acids is 1. The van der Waals surface area contributed by atoms with Crippen molar-refractivity contribution in [1.29, 1.82) is 0 Å². The SMILES string of the molecule is CC1CCC2NCC3C(=O)N(c4ccccc4)NC3C2C1. The lowest BCUT2D eigenvalue weighted by atomic mass is 9.70. The first-order valence-electron chi connectivity index (χ1n) is 8.12. The van der Waals surface area contributed by atoms with E-state index in [9.17, 15) is 4.79 Å². The number of para-hydroxylation sites is 1. The van der Waals surface area contributed by atoms with E-state index in [4.69, 9.17) is 0 Å². The minimum atomic E-state index is 0.0803. The molecule has 21 heavy (non-hydrogen) atoms. The van der Waals surface area contributed by atoms with E-state index in [1.54, 1.807) is 5.01 Å². The molecule has 0 radical (unpaired) electrons. The summed E-state index contributed by atoms with van der Waals surface area (Å²) in [5, 5.41) is 5.40. The van der Waals surface area contributed by atoms with Gasteiger partial charge in [0, 0.05) is 18.6 Å². The molecule has 1 aromatic carbocycles. The molecule has 0 bridgehead atoms. The van der Waals surface area contributed by atoms with E-state index in [0.717, 1.165) is 18.2 Å². The van der Waals surface area contributed by atoms with Crippen LogP contribution in [0.15, 0.2) is 30.3 Å². The average molecular weight is 285 g/mol. The van der Waals surface area contributed by atoms with Crippen molar-refractivity contribution in [3.05, 3.63) is 30.3 Å². The molecule has 2 aliphatic heterocycles. The van der Waals surface area contributed by atoms with Gasteiger partial charge in [0.2, 0.25) is 5.91 Å². The van der Waals surface area contributed by atoms with Crippen LogP contribution in [0.2, 0.25) is 0 Å². The van der Waals surface area contributed by atoms with Gasteiger partial charge in [-0.25, -0.2) is 10.4 Å². The van der Waals surface area contributed by atoms with Gasteiger partial charge < -0.3 is 5.32 Å². The van der Waals surface area contributed by atoms with Crippen molar-refractivity contribution in [1.82, 2.24) is 10.7 Å². The van der Waals surface area contributed by atoms with Crippen molar-refractivity contribution >= 4 is 11.6 Å². The molecule has 1 saturated carbocycles. The minimum absolute atomic E-state index is 0.0803. The topological polar surface area (TPSA) is 44.4 Å². The van der Waals surface area contributed by atoms with Gasteiger partial charge in [-0.2, -0.15) is 0 Å². The zero-order chi connectivity index (χ0) is 14.4. The lowest BCUT2D eigenvalue weighted by molar-refractivity contribution is -0.121. The Labute approximate surface area is 125 Å². The molecule has 4 nitrogen and oxygen atoms in total. The van der Waals surface area contributed by atoms with Gasteiger partial charge >= 0.3 is 0 Å². The normalized spacial score (nSPS) is 39.0. The highest BCUT2D eigenvalue weighted by atomic mass is 16.2. The number of rotatable bonds is 1. The minimum Gasteiger partial charge on any atom is -0.313 e. The van der Waals surface area contributed by atoms with Crippen LogP contribution in [0.5, 0.6) is 0 Å². The number of nitrogens with one attached hydrogen (secondary N) is 2. The van der Waals surface area contributed by atoms with Gasteiger partial charge in [0.25, 0.3) is 0 Å². The summed E-state index contributed by atoms with van der Waals surface area (Å²) >= 11 is 0. The maximum absolute atomic E-state index is 12.7. The number of amides is 1. The molecule has 2 N–H and O–H groups in total. The first-order valence-corrected chi connectivity index (χ1v) is 8.12. The van der Waals surface area contributed by atoms with Crippen molar-refractivity contribution in [3.63, 3.8) is 0 Å². The number of hydrogen-bond donors (Lipinski definition) is 2. The molecule has 3 aliphatic rings. The number of hydrogen-bond acceptors (Lipinski definition) is 3. The molecule has 2 saturated heterocycles. The fourth-order valence-corrected chi connectivity index (χ4v) is 4.36. The van der Waals surface area contributed by atoms with Gasteiger partial charge in [0.05, 0.1) is 11.6 Å². The van der Waals surface area contributed by atoms with Gasteiger partial charge in [-0.05, 0) is 43.2 Å². The summed E-state index contributed by atoms with van der Waals surface area (Å²) in [6, 6.07) is 10.8. The zero-order valence-electron chi connectivity index (χ0n) is 12.5. The molecule has 1 aliphatic carbocycles. The third-order valence-electron chi connectivity index (χ3n) is 5.49. The van der Waals surface area contributed by atoms with Gasteiger partial charge in [-0.1, -0.05) is 25.1 Å². The molecule has 112 valence electrons. The highest BCUT2D eigenvalue weighted by Crippen LogP contribution is 2.39. The summed E-state index contributed by atoms with van der Waals surface area (Å²) < 4.78 is 0. The fourth-order valence-electron chi connectivity index (χ4n) is 4.36. The van der Waals surface area contributed by atoms with Crippen molar-refractivity contribution in [2.45, 2.75) is 38.3 Å². The number of carbonyl (C=O) groups is 1. The summed E-state index contributed by atoms with van der Waals surface area (Å²) in [6.07, 6.45) is 3.78. The smallest absolute Gasteiger partial charge is 0.247 e. The summed E-state index contributed by atoms with van der Waals surface area (Å²) in [5.41, 5.74) is 4.48. The van der Waals surface area contributed by atoms with E-state index in [2.05, 4.69) is 17.7 Å². The zero-order valence-corrected chi connectivity index (χ0v) is 12.5. The lowest BCUT2D eigenvalue weighted by Gasteiger charge is -2.44. The number of fused-ring (bicyclic) bond motifs is 3. The van der Waals surface area contributed by atoms with Crippen molar-refractivity contribution in [2.75, 3.05) is 11.6 Å². The number of piperidine rings is 1. The first kappa shape index (κ1) is 13.3.